The van der Waals surface area contributed by atoms with E-state index in [4.69, 9.17) is 9.47 Å². The van der Waals surface area contributed by atoms with Gasteiger partial charge in [-0.2, -0.15) is 0 Å². The molecule has 0 radical (unpaired) electrons. The minimum atomic E-state index is -0.527. The van der Waals surface area contributed by atoms with Gasteiger partial charge in [0.2, 0.25) is 0 Å². The number of piperidine rings is 1. The number of likely N-dealkylation sites (tertiary alicyclic amines) is 1. The molecule has 104 valence electrons. The fourth-order valence-electron chi connectivity index (χ4n) is 2.35. The molecular formula is C14H18INO3. The Kier molecular flexibility index (Phi) is 4.81. The summed E-state index contributed by atoms with van der Waals surface area (Å²) in [5.41, 5.74) is 0.769. The van der Waals surface area contributed by atoms with Gasteiger partial charge in [-0.15, -0.1) is 0 Å². The SMILES string of the molecule is COC1(OC)CCN(C(=O)c2ccccc2I)CC1. The number of hydrogen-bond donors (Lipinski definition) is 0. The maximum Gasteiger partial charge on any atom is 0.254 e. The van der Waals surface area contributed by atoms with Crippen LogP contribution in [0.1, 0.15) is 23.2 Å². The summed E-state index contributed by atoms with van der Waals surface area (Å²) in [6, 6.07) is 7.66. The first-order chi connectivity index (χ1) is 9.12. The van der Waals surface area contributed by atoms with Gasteiger partial charge in [-0.05, 0) is 34.7 Å². The lowest BCUT2D eigenvalue weighted by Crippen LogP contribution is -2.48. The molecular weight excluding hydrogens is 357 g/mol. The third-order valence-corrected chi connectivity index (χ3v) is 4.60. The normalized spacial score (nSPS) is 18.4. The highest BCUT2D eigenvalue weighted by atomic mass is 127. The summed E-state index contributed by atoms with van der Waals surface area (Å²) in [5.74, 6) is -0.438. The molecule has 1 aliphatic heterocycles. The molecule has 0 saturated carbocycles. The Hall–Kier alpha value is -0.660. The van der Waals surface area contributed by atoms with Crippen molar-refractivity contribution < 1.29 is 14.3 Å². The zero-order valence-electron chi connectivity index (χ0n) is 11.2. The third-order valence-electron chi connectivity index (χ3n) is 3.66. The van der Waals surface area contributed by atoms with Gasteiger partial charge in [0.1, 0.15) is 0 Å². The molecule has 1 aromatic rings. The summed E-state index contributed by atoms with van der Waals surface area (Å²) in [6.07, 6.45) is 1.41. The van der Waals surface area contributed by atoms with E-state index in [1.54, 1.807) is 14.2 Å². The summed E-state index contributed by atoms with van der Waals surface area (Å²) in [7, 11) is 3.31. The van der Waals surface area contributed by atoms with Crippen molar-refractivity contribution in [3.63, 3.8) is 0 Å². The quantitative estimate of drug-likeness (QED) is 0.602. The van der Waals surface area contributed by atoms with E-state index in [1.165, 1.54) is 0 Å². The highest BCUT2D eigenvalue weighted by Gasteiger charge is 2.36. The predicted octanol–water partition coefficient (Wildman–Crippen LogP) is 2.52. The Morgan fingerprint density at radius 1 is 1.21 bits per heavy atom. The molecule has 1 aromatic carbocycles. The van der Waals surface area contributed by atoms with Gasteiger partial charge in [-0.25, -0.2) is 0 Å². The largest absolute Gasteiger partial charge is 0.353 e. The molecule has 0 N–H and O–H groups in total. The molecule has 1 heterocycles. The lowest BCUT2D eigenvalue weighted by Gasteiger charge is -2.39. The lowest BCUT2D eigenvalue weighted by atomic mass is 10.0. The summed E-state index contributed by atoms with van der Waals surface area (Å²) in [5, 5.41) is 0. The topological polar surface area (TPSA) is 38.8 Å². The van der Waals surface area contributed by atoms with Crippen LogP contribution in [-0.2, 0) is 9.47 Å². The fourth-order valence-corrected chi connectivity index (χ4v) is 2.97. The van der Waals surface area contributed by atoms with Crippen LogP contribution in [0.15, 0.2) is 24.3 Å². The van der Waals surface area contributed by atoms with Gasteiger partial charge in [0.05, 0.1) is 5.56 Å². The molecule has 0 aliphatic carbocycles. The summed E-state index contributed by atoms with van der Waals surface area (Å²) in [6.45, 7) is 1.32. The molecule has 1 aliphatic rings. The first-order valence-electron chi connectivity index (χ1n) is 6.26. The number of nitrogens with zero attached hydrogens (tertiary/aromatic N) is 1. The van der Waals surface area contributed by atoms with E-state index in [0.29, 0.717) is 25.9 Å². The van der Waals surface area contributed by atoms with Gasteiger partial charge in [0.15, 0.2) is 5.79 Å². The summed E-state index contributed by atoms with van der Waals surface area (Å²) < 4.78 is 11.8. The smallest absolute Gasteiger partial charge is 0.254 e. The Morgan fingerprint density at radius 2 is 1.79 bits per heavy atom. The highest BCUT2D eigenvalue weighted by Crippen LogP contribution is 2.27. The highest BCUT2D eigenvalue weighted by molar-refractivity contribution is 14.1. The zero-order chi connectivity index (χ0) is 13.9. The van der Waals surface area contributed by atoms with Gasteiger partial charge in [0.25, 0.3) is 5.91 Å². The average Bonchev–Trinajstić information content (AvgIpc) is 2.47. The van der Waals surface area contributed by atoms with Crippen LogP contribution in [0.3, 0.4) is 0 Å². The number of carbonyl (C=O) groups excluding carboxylic acids is 1. The molecule has 2 rings (SSSR count). The minimum absolute atomic E-state index is 0.0887. The number of amides is 1. The maximum absolute atomic E-state index is 12.4. The van der Waals surface area contributed by atoms with Crippen LogP contribution < -0.4 is 0 Å². The third kappa shape index (κ3) is 3.09. The Balaban J connectivity index is 2.06. The lowest BCUT2D eigenvalue weighted by molar-refractivity contribution is -0.226. The number of benzene rings is 1. The van der Waals surface area contributed by atoms with Crippen molar-refractivity contribution in [2.45, 2.75) is 18.6 Å². The van der Waals surface area contributed by atoms with Crippen LogP contribution in [0.2, 0.25) is 0 Å². The van der Waals surface area contributed by atoms with Gasteiger partial charge >= 0.3 is 0 Å². The first-order valence-corrected chi connectivity index (χ1v) is 7.34. The molecule has 1 amide bonds. The number of halogens is 1. The monoisotopic (exact) mass is 375 g/mol. The molecule has 0 spiro atoms. The standard InChI is InChI=1S/C14H18INO3/c1-18-14(19-2)7-9-16(10-8-14)13(17)11-5-3-4-6-12(11)15/h3-6H,7-10H2,1-2H3. The minimum Gasteiger partial charge on any atom is -0.353 e. The van der Waals surface area contributed by atoms with E-state index in [9.17, 15) is 4.79 Å². The number of carbonyl (C=O) groups is 1. The summed E-state index contributed by atoms with van der Waals surface area (Å²) >= 11 is 2.20. The van der Waals surface area contributed by atoms with Crippen molar-refractivity contribution in [3.05, 3.63) is 33.4 Å². The molecule has 0 unspecified atom stereocenters. The van der Waals surface area contributed by atoms with Crippen LogP contribution in [0.5, 0.6) is 0 Å². The number of hydrogen-bond acceptors (Lipinski definition) is 3. The fraction of sp³-hybridized carbons (Fsp3) is 0.500. The van der Waals surface area contributed by atoms with Crippen molar-refractivity contribution in [2.75, 3.05) is 27.3 Å². The van der Waals surface area contributed by atoms with Gasteiger partial charge in [0, 0.05) is 43.7 Å². The van der Waals surface area contributed by atoms with E-state index in [2.05, 4.69) is 22.6 Å². The number of ether oxygens (including phenoxy) is 2. The molecule has 5 heteroatoms. The van der Waals surface area contributed by atoms with Gasteiger partial charge < -0.3 is 14.4 Å². The van der Waals surface area contributed by atoms with Crippen LogP contribution in [0.4, 0.5) is 0 Å². The molecule has 0 atom stereocenters. The second-order valence-corrected chi connectivity index (χ2v) is 5.75. The maximum atomic E-state index is 12.4. The van der Waals surface area contributed by atoms with E-state index >= 15 is 0 Å². The van der Waals surface area contributed by atoms with Crippen LogP contribution >= 0.6 is 22.6 Å². The average molecular weight is 375 g/mol. The molecule has 0 aromatic heterocycles. The molecule has 1 fully saturated rings. The predicted molar refractivity (Wildman–Crippen MR) is 81.0 cm³/mol. The van der Waals surface area contributed by atoms with Crippen molar-refractivity contribution in [1.29, 1.82) is 0 Å². The number of rotatable bonds is 3. The second kappa shape index (κ2) is 6.19. The molecule has 19 heavy (non-hydrogen) atoms. The van der Waals surface area contributed by atoms with Crippen molar-refractivity contribution >= 4 is 28.5 Å². The van der Waals surface area contributed by atoms with Crippen LogP contribution in [0, 0.1) is 3.57 Å². The summed E-state index contributed by atoms with van der Waals surface area (Å²) in [4.78, 5) is 14.3. The molecule has 4 nitrogen and oxygen atoms in total. The Morgan fingerprint density at radius 3 is 2.32 bits per heavy atom. The van der Waals surface area contributed by atoms with Gasteiger partial charge in [-0.3, -0.25) is 4.79 Å². The molecule has 1 saturated heterocycles. The second-order valence-electron chi connectivity index (χ2n) is 4.59. The van der Waals surface area contributed by atoms with E-state index in [0.717, 1.165) is 9.13 Å². The van der Waals surface area contributed by atoms with Gasteiger partial charge in [-0.1, -0.05) is 12.1 Å². The first kappa shape index (κ1) is 14.7. The number of methoxy groups -OCH3 is 2. The molecule has 0 bridgehead atoms. The van der Waals surface area contributed by atoms with Crippen LogP contribution in [-0.4, -0.2) is 43.9 Å². The Bertz CT molecular complexity index is 450. The van der Waals surface area contributed by atoms with E-state index in [1.807, 2.05) is 29.2 Å². The Labute approximate surface area is 127 Å². The zero-order valence-corrected chi connectivity index (χ0v) is 13.3. The van der Waals surface area contributed by atoms with Crippen molar-refractivity contribution in [1.82, 2.24) is 4.90 Å². The van der Waals surface area contributed by atoms with E-state index < -0.39 is 5.79 Å². The van der Waals surface area contributed by atoms with Crippen molar-refractivity contribution in [2.24, 2.45) is 0 Å². The van der Waals surface area contributed by atoms with Crippen LogP contribution in [0.25, 0.3) is 0 Å². The van der Waals surface area contributed by atoms with E-state index in [-0.39, 0.29) is 5.91 Å². The van der Waals surface area contributed by atoms with Crippen molar-refractivity contribution in [3.8, 4) is 0 Å².